The van der Waals surface area contributed by atoms with Crippen molar-refractivity contribution in [2.75, 3.05) is 18.1 Å². The zero-order valence-electron chi connectivity index (χ0n) is 15.6. The summed E-state index contributed by atoms with van der Waals surface area (Å²) >= 11 is 7.57. The number of aromatic nitrogens is 1. The molecule has 1 aliphatic rings. The lowest BCUT2D eigenvalue weighted by atomic mass is 10.1. The van der Waals surface area contributed by atoms with Gasteiger partial charge in [0.25, 0.3) is 5.91 Å². The van der Waals surface area contributed by atoms with Crippen molar-refractivity contribution in [2.45, 2.75) is 25.9 Å². The number of ether oxygens (including phenoxy) is 1. The molecule has 1 aliphatic heterocycles. The van der Waals surface area contributed by atoms with Gasteiger partial charge in [-0.1, -0.05) is 47.5 Å². The standard InChI is InChI=1S/C22H21ClN2O2S/c1-15-7-9-16(10-8-15)20-14-28-22(24-20)25(13-19-6-3-11-27-19)21(26)17-4-2-5-18(23)12-17/h2,4-5,7-10,12,14,19H,3,6,11,13H2,1H3/t19-/m1/s1. The molecule has 0 N–H and O–H groups in total. The third kappa shape index (κ3) is 4.27. The molecule has 4 nitrogen and oxygen atoms in total. The molecule has 3 aromatic rings. The third-order valence-electron chi connectivity index (χ3n) is 4.80. The number of carbonyl (C=O) groups is 1. The highest BCUT2D eigenvalue weighted by Gasteiger charge is 2.27. The van der Waals surface area contributed by atoms with Gasteiger partial charge in [0.15, 0.2) is 5.13 Å². The van der Waals surface area contributed by atoms with Crippen LogP contribution in [0.4, 0.5) is 5.13 Å². The van der Waals surface area contributed by atoms with Crippen LogP contribution >= 0.6 is 22.9 Å². The molecule has 6 heteroatoms. The largest absolute Gasteiger partial charge is 0.376 e. The first-order chi connectivity index (χ1) is 13.6. The summed E-state index contributed by atoms with van der Waals surface area (Å²) in [5.41, 5.74) is 3.67. The van der Waals surface area contributed by atoms with Crippen molar-refractivity contribution < 1.29 is 9.53 Å². The van der Waals surface area contributed by atoms with Crippen molar-refractivity contribution in [3.05, 3.63) is 70.1 Å². The molecule has 144 valence electrons. The lowest BCUT2D eigenvalue weighted by molar-refractivity contribution is 0.0917. The van der Waals surface area contributed by atoms with E-state index in [1.54, 1.807) is 29.2 Å². The maximum absolute atomic E-state index is 13.3. The molecule has 0 spiro atoms. The molecule has 1 aromatic heterocycles. The van der Waals surface area contributed by atoms with Gasteiger partial charge in [0.1, 0.15) is 0 Å². The second-order valence-corrected chi connectivity index (χ2v) is 8.22. The van der Waals surface area contributed by atoms with Gasteiger partial charge in [-0.15, -0.1) is 11.3 Å². The Morgan fingerprint density at radius 3 is 2.82 bits per heavy atom. The van der Waals surface area contributed by atoms with E-state index in [4.69, 9.17) is 21.3 Å². The Balaban J connectivity index is 1.65. The number of amides is 1. The number of hydrogen-bond donors (Lipinski definition) is 0. The molecule has 0 bridgehead atoms. The van der Waals surface area contributed by atoms with E-state index in [-0.39, 0.29) is 12.0 Å². The van der Waals surface area contributed by atoms with Gasteiger partial charge in [-0.05, 0) is 38.0 Å². The number of carbonyl (C=O) groups excluding carboxylic acids is 1. The maximum Gasteiger partial charge on any atom is 0.260 e. The number of benzene rings is 2. The fourth-order valence-electron chi connectivity index (χ4n) is 3.26. The zero-order chi connectivity index (χ0) is 19.5. The van der Waals surface area contributed by atoms with Gasteiger partial charge >= 0.3 is 0 Å². The zero-order valence-corrected chi connectivity index (χ0v) is 17.2. The van der Waals surface area contributed by atoms with Gasteiger partial charge in [0.05, 0.1) is 18.3 Å². The van der Waals surface area contributed by atoms with Crippen LogP contribution in [0.2, 0.25) is 5.02 Å². The molecule has 0 saturated carbocycles. The van der Waals surface area contributed by atoms with Gasteiger partial charge in [-0.2, -0.15) is 0 Å². The number of nitrogens with zero attached hydrogens (tertiary/aromatic N) is 2. The average molecular weight is 413 g/mol. The van der Waals surface area contributed by atoms with E-state index in [0.717, 1.165) is 30.7 Å². The van der Waals surface area contributed by atoms with Crippen LogP contribution in [0, 0.1) is 6.92 Å². The number of halogens is 1. The fraction of sp³-hybridized carbons (Fsp3) is 0.273. The van der Waals surface area contributed by atoms with E-state index in [1.807, 2.05) is 5.38 Å². The molecular formula is C22H21ClN2O2S. The predicted molar refractivity (Wildman–Crippen MR) is 114 cm³/mol. The number of hydrogen-bond acceptors (Lipinski definition) is 4. The Bertz CT molecular complexity index is 965. The highest BCUT2D eigenvalue weighted by molar-refractivity contribution is 7.14. The molecular weight excluding hydrogens is 392 g/mol. The minimum Gasteiger partial charge on any atom is -0.376 e. The lowest BCUT2D eigenvalue weighted by Gasteiger charge is -2.23. The van der Waals surface area contributed by atoms with Crippen LogP contribution in [0.5, 0.6) is 0 Å². The highest BCUT2D eigenvalue weighted by Crippen LogP contribution is 2.30. The molecule has 4 rings (SSSR count). The Hall–Kier alpha value is -2.21. The molecule has 28 heavy (non-hydrogen) atoms. The van der Waals surface area contributed by atoms with Crippen molar-refractivity contribution in [1.29, 1.82) is 0 Å². The molecule has 2 aromatic carbocycles. The van der Waals surface area contributed by atoms with Crippen LogP contribution in [0.1, 0.15) is 28.8 Å². The average Bonchev–Trinajstić information content (AvgIpc) is 3.38. The van der Waals surface area contributed by atoms with Crippen LogP contribution in [0.25, 0.3) is 11.3 Å². The summed E-state index contributed by atoms with van der Waals surface area (Å²) in [6.07, 6.45) is 2.01. The summed E-state index contributed by atoms with van der Waals surface area (Å²) in [5.74, 6) is -0.109. The minimum atomic E-state index is -0.109. The van der Waals surface area contributed by atoms with Crippen LogP contribution in [0.3, 0.4) is 0 Å². The van der Waals surface area contributed by atoms with Gasteiger partial charge in [-0.25, -0.2) is 4.98 Å². The second-order valence-electron chi connectivity index (χ2n) is 6.94. The third-order valence-corrected chi connectivity index (χ3v) is 5.90. The predicted octanol–water partition coefficient (Wildman–Crippen LogP) is 5.60. The fourth-order valence-corrected chi connectivity index (χ4v) is 4.29. The number of aryl methyl sites for hydroxylation is 1. The van der Waals surface area contributed by atoms with Gasteiger partial charge < -0.3 is 4.74 Å². The van der Waals surface area contributed by atoms with Crippen LogP contribution in [-0.2, 0) is 4.74 Å². The highest BCUT2D eigenvalue weighted by atomic mass is 35.5. The SMILES string of the molecule is Cc1ccc(-c2csc(N(C[C@H]3CCCO3)C(=O)c3cccc(Cl)c3)n2)cc1. The summed E-state index contributed by atoms with van der Waals surface area (Å²) in [4.78, 5) is 19.7. The number of thiazole rings is 1. The topological polar surface area (TPSA) is 42.4 Å². The van der Waals surface area contributed by atoms with Crippen molar-refractivity contribution in [3.8, 4) is 11.3 Å². The van der Waals surface area contributed by atoms with Gasteiger partial charge in [-0.3, -0.25) is 9.69 Å². The van der Waals surface area contributed by atoms with E-state index in [0.29, 0.717) is 22.3 Å². The molecule has 1 fully saturated rings. The lowest BCUT2D eigenvalue weighted by Crippen LogP contribution is -2.37. The van der Waals surface area contributed by atoms with Crippen LogP contribution in [0.15, 0.2) is 53.9 Å². The molecule has 0 radical (unpaired) electrons. The summed E-state index contributed by atoms with van der Waals surface area (Å²) in [6, 6.07) is 15.3. The first-order valence-electron chi connectivity index (χ1n) is 9.32. The summed E-state index contributed by atoms with van der Waals surface area (Å²) in [5, 5.41) is 3.21. The van der Waals surface area contributed by atoms with Crippen molar-refractivity contribution in [1.82, 2.24) is 4.98 Å². The normalized spacial score (nSPS) is 16.3. The van der Waals surface area contributed by atoms with E-state index in [2.05, 4.69) is 31.2 Å². The molecule has 1 saturated heterocycles. The molecule has 0 unspecified atom stereocenters. The number of rotatable bonds is 5. The Labute approximate surface area is 173 Å². The van der Waals surface area contributed by atoms with E-state index in [1.165, 1.54) is 16.9 Å². The molecule has 1 atom stereocenters. The monoisotopic (exact) mass is 412 g/mol. The Kier molecular flexibility index (Phi) is 5.76. The first-order valence-corrected chi connectivity index (χ1v) is 10.6. The van der Waals surface area contributed by atoms with Crippen molar-refractivity contribution >= 4 is 34.0 Å². The van der Waals surface area contributed by atoms with Gasteiger partial charge in [0, 0.05) is 28.1 Å². The van der Waals surface area contributed by atoms with Crippen LogP contribution < -0.4 is 4.90 Å². The summed E-state index contributed by atoms with van der Waals surface area (Å²) in [6.45, 7) is 3.30. The van der Waals surface area contributed by atoms with Crippen molar-refractivity contribution in [3.63, 3.8) is 0 Å². The van der Waals surface area contributed by atoms with E-state index >= 15 is 0 Å². The van der Waals surface area contributed by atoms with E-state index < -0.39 is 0 Å². The smallest absolute Gasteiger partial charge is 0.260 e. The Morgan fingerprint density at radius 1 is 1.29 bits per heavy atom. The minimum absolute atomic E-state index is 0.0369. The summed E-state index contributed by atoms with van der Waals surface area (Å²) in [7, 11) is 0. The summed E-state index contributed by atoms with van der Waals surface area (Å²) < 4.78 is 5.78. The molecule has 2 heterocycles. The van der Waals surface area contributed by atoms with Crippen LogP contribution in [-0.4, -0.2) is 30.1 Å². The maximum atomic E-state index is 13.3. The van der Waals surface area contributed by atoms with E-state index in [9.17, 15) is 4.79 Å². The quantitative estimate of drug-likeness (QED) is 0.548. The molecule has 1 amide bonds. The van der Waals surface area contributed by atoms with Crippen molar-refractivity contribution in [2.24, 2.45) is 0 Å². The Morgan fingerprint density at radius 2 is 2.11 bits per heavy atom. The first kappa shape index (κ1) is 19.1. The van der Waals surface area contributed by atoms with Gasteiger partial charge in [0.2, 0.25) is 0 Å². The second kappa shape index (κ2) is 8.43. The molecule has 0 aliphatic carbocycles. The number of anilines is 1.